The van der Waals surface area contributed by atoms with E-state index in [-0.39, 0.29) is 11.5 Å². The lowest BCUT2D eigenvalue weighted by molar-refractivity contribution is -0.192. The summed E-state index contributed by atoms with van der Waals surface area (Å²) in [5.41, 5.74) is 2.96. The highest BCUT2D eigenvalue weighted by Gasteiger charge is 2.38. The predicted molar refractivity (Wildman–Crippen MR) is 145 cm³/mol. The average Bonchev–Trinajstić information content (AvgIpc) is 2.87. The highest BCUT2D eigenvalue weighted by molar-refractivity contribution is 7.99. The van der Waals surface area contributed by atoms with Crippen molar-refractivity contribution in [3.8, 4) is 0 Å². The second kappa shape index (κ2) is 13.7. The topological polar surface area (TPSA) is 105 Å². The van der Waals surface area contributed by atoms with Gasteiger partial charge in [-0.3, -0.25) is 14.2 Å². The Labute approximate surface area is 235 Å². The van der Waals surface area contributed by atoms with Crippen LogP contribution in [0.2, 0.25) is 0 Å². The average molecular weight is 581 g/mol. The minimum atomic E-state index is -5.08. The summed E-state index contributed by atoms with van der Waals surface area (Å²) < 4.78 is 33.7. The van der Waals surface area contributed by atoms with Gasteiger partial charge in [-0.25, -0.2) is 9.78 Å². The zero-order chi connectivity index (χ0) is 28.7. The van der Waals surface area contributed by atoms with Gasteiger partial charge in [-0.05, 0) is 37.2 Å². The van der Waals surface area contributed by atoms with Crippen LogP contribution >= 0.6 is 11.8 Å². The lowest BCUT2D eigenvalue weighted by Gasteiger charge is -2.32. The Morgan fingerprint density at radius 2 is 1.77 bits per heavy atom. The molecule has 218 valence electrons. The number of thioether (sulfide) groups is 1. The van der Waals surface area contributed by atoms with Gasteiger partial charge in [-0.1, -0.05) is 54.9 Å². The number of aliphatic carboxylic acids is 1. The molecule has 2 N–H and O–H groups in total. The molecular formula is C28H35F3N4O4S. The van der Waals surface area contributed by atoms with E-state index < -0.39 is 12.1 Å². The summed E-state index contributed by atoms with van der Waals surface area (Å²) in [6.07, 6.45) is 3.45. The Kier molecular flexibility index (Phi) is 10.3. The highest BCUT2D eigenvalue weighted by Crippen LogP contribution is 2.37. The van der Waals surface area contributed by atoms with Crippen molar-refractivity contribution in [2.24, 2.45) is 5.92 Å². The van der Waals surface area contributed by atoms with Crippen molar-refractivity contribution in [1.82, 2.24) is 19.8 Å². The molecule has 3 aliphatic rings. The molecule has 0 radical (unpaired) electrons. The SMILES string of the molecule is O=C(CCNCc1ccccc1)N1CCc2nc(SC3CCC3)n(CC3CCC3)c(=O)c2C1.O=C(O)C(F)(F)F. The van der Waals surface area contributed by atoms with E-state index in [1.54, 1.807) is 11.8 Å². The van der Waals surface area contributed by atoms with Gasteiger partial charge in [0.05, 0.1) is 17.8 Å². The van der Waals surface area contributed by atoms with Gasteiger partial charge in [0.2, 0.25) is 5.91 Å². The van der Waals surface area contributed by atoms with E-state index in [0.29, 0.717) is 43.6 Å². The first kappa shape index (κ1) is 30.1. The number of nitrogens with one attached hydrogen (secondary N) is 1. The molecule has 2 fully saturated rings. The largest absolute Gasteiger partial charge is 0.490 e. The molecule has 1 aliphatic heterocycles. The van der Waals surface area contributed by atoms with Crippen molar-refractivity contribution in [2.75, 3.05) is 13.1 Å². The van der Waals surface area contributed by atoms with Crippen molar-refractivity contribution in [3.05, 3.63) is 57.5 Å². The molecule has 0 unspecified atom stereocenters. The number of nitrogens with zero attached hydrogens (tertiary/aromatic N) is 3. The zero-order valence-corrected chi connectivity index (χ0v) is 23.1. The third-order valence-electron chi connectivity index (χ3n) is 7.55. The molecule has 2 heterocycles. The molecule has 2 aromatic rings. The molecule has 8 nitrogen and oxygen atoms in total. The number of hydrogen-bond donors (Lipinski definition) is 2. The van der Waals surface area contributed by atoms with E-state index in [2.05, 4.69) is 17.4 Å². The number of carboxylic acids is 1. The van der Waals surface area contributed by atoms with Crippen LogP contribution in [0.15, 0.2) is 40.3 Å². The minimum Gasteiger partial charge on any atom is -0.475 e. The number of benzene rings is 1. The number of alkyl halides is 3. The standard InChI is InChI=1S/C26H34N4O2S.C2HF3O2/c31-24(12-14-27-16-19-6-2-1-3-7-19)29-15-13-23-22(18-29)25(32)30(17-20-8-4-9-20)26(28-23)33-21-10-5-11-21;3-2(4,5)1(6)7/h1-3,6-7,20-21,27H,4-5,8-18H2;(H,6,7). The van der Waals surface area contributed by atoms with Gasteiger partial charge in [0.25, 0.3) is 5.56 Å². The van der Waals surface area contributed by atoms with Crippen LogP contribution in [0.3, 0.4) is 0 Å². The molecule has 1 aromatic carbocycles. The molecule has 12 heteroatoms. The first-order valence-electron chi connectivity index (χ1n) is 13.7. The Balaban J connectivity index is 0.000000470. The molecule has 0 saturated heterocycles. The molecule has 2 saturated carbocycles. The Bertz CT molecular complexity index is 1230. The number of aromatic nitrogens is 2. The first-order chi connectivity index (χ1) is 19.1. The van der Waals surface area contributed by atoms with Crippen molar-refractivity contribution < 1.29 is 27.9 Å². The van der Waals surface area contributed by atoms with E-state index in [4.69, 9.17) is 14.9 Å². The van der Waals surface area contributed by atoms with Crippen LogP contribution < -0.4 is 10.9 Å². The van der Waals surface area contributed by atoms with Crippen LogP contribution in [-0.4, -0.2) is 55.9 Å². The Morgan fingerprint density at radius 3 is 2.35 bits per heavy atom. The fraction of sp³-hybridized carbons (Fsp3) is 0.571. The van der Waals surface area contributed by atoms with Gasteiger partial charge in [0.15, 0.2) is 5.16 Å². The van der Waals surface area contributed by atoms with Crippen molar-refractivity contribution >= 4 is 23.6 Å². The molecular weight excluding hydrogens is 545 g/mol. The molecule has 2 aliphatic carbocycles. The third-order valence-corrected chi connectivity index (χ3v) is 8.88. The van der Waals surface area contributed by atoms with Gasteiger partial charge in [0, 0.05) is 44.3 Å². The van der Waals surface area contributed by atoms with E-state index >= 15 is 0 Å². The van der Waals surface area contributed by atoms with Crippen molar-refractivity contribution in [3.63, 3.8) is 0 Å². The van der Waals surface area contributed by atoms with Crippen LogP contribution in [0.25, 0.3) is 0 Å². The number of carbonyl (C=O) groups is 2. The summed E-state index contributed by atoms with van der Waals surface area (Å²) in [5.74, 6) is -2.05. The second-order valence-corrected chi connectivity index (χ2v) is 11.8. The first-order valence-corrected chi connectivity index (χ1v) is 14.6. The molecule has 0 spiro atoms. The number of carboxylic acid groups (broad SMARTS) is 1. The smallest absolute Gasteiger partial charge is 0.475 e. The predicted octanol–water partition coefficient (Wildman–Crippen LogP) is 4.39. The number of carbonyl (C=O) groups excluding carboxylic acids is 1. The van der Waals surface area contributed by atoms with Crippen LogP contribution in [0.1, 0.15) is 61.8 Å². The third kappa shape index (κ3) is 8.09. The minimum absolute atomic E-state index is 0.0911. The maximum absolute atomic E-state index is 13.5. The maximum atomic E-state index is 13.5. The second-order valence-electron chi connectivity index (χ2n) is 10.5. The van der Waals surface area contributed by atoms with Gasteiger partial charge in [-0.15, -0.1) is 0 Å². The lowest BCUT2D eigenvalue weighted by atomic mass is 9.85. The fourth-order valence-electron chi connectivity index (χ4n) is 4.71. The van der Waals surface area contributed by atoms with E-state index in [1.165, 1.54) is 44.1 Å². The van der Waals surface area contributed by atoms with Gasteiger partial charge in [-0.2, -0.15) is 13.2 Å². The number of rotatable bonds is 9. The zero-order valence-electron chi connectivity index (χ0n) is 22.3. The van der Waals surface area contributed by atoms with Crippen LogP contribution in [0, 0.1) is 5.92 Å². The number of halogens is 3. The molecule has 40 heavy (non-hydrogen) atoms. The molecule has 0 atom stereocenters. The van der Waals surface area contributed by atoms with Gasteiger partial charge < -0.3 is 15.3 Å². The molecule has 0 bridgehead atoms. The quantitative estimate of drug-likeness (QED) is 0.335. The van der Waals surface area contributed by atoms with E-state index in [1.807, 2.05) is 27.7 Å². The number of fused-ring (bicyclic) bond motifs is 1. The van der Waals surface area contributed by atoms with Gasteiger partial charge in [0.1, 0.15) is 0 Å². The fourth-order valence-corrected chi connectivity index (χ4v) is 6.02. The van der Waals surface area contributed by atoms with E-state index in [0.717, 1.165) is 29.5 Å². The van der Waals surface area contributed by atoms with Crippen LogP contribution in [0.5, 0.6) is 0 Å². The highest BCUT2D eigenvalue weighted by atomic mass is 32.2. The molecule has 5 rings (SSSR count). The van der Waals surface area contributed by atoms with E-state index in [9.17, 15) is 22.8 Å². The van der Waals surface area contributed by atoms with Crippen molar-refractivity contribution in [2.45, 2.75) is 87.6 Å². The summed E-state index contributed by atoms with van der Waals surface area (Å²) in [6.45, 7) is 3.23. The molecule has 1 amide bonds. The number of hydrogen-bond acceptors (Lipinski definition) is 6. The Hall–Kier alpha value is -2.86. The molecule has 1 aromatic heterocycles. The van der Waals surface area contributed by atoms with Crippen LogP contribution in [-0.2, 0) is 35.6 Å². The number of amides is 1. The lowest BCUT2D eigenvalue weighted by Crippen LogP contribution is -2.42. The monoisotopic (exact) mass is 580 g/mol. The Morgan fingerprint density at radius 1 is 1.10 bits per heavy atom. The summed E-state index contributed by atoms with van der Waals surface area (Å²) in [7, 11) is 0. The maximum Gasteiger partial charge on any atom is 0.490 e. The van der Waals surface area contributed by atoms with Crippen LogP contribution in [0.4, 0.5) is 13.2 Å². The summed E-state index contributed by atoms with van der Waals surface area (Å²) in [5, 5.41) is 12.0. The normalized spacial score (nSPS) is 17.2. The summed E-state index contributed by atoms with van der Waals surface area (Å²) >= 11 is 1.80. The summed E-state index contributed by atoms with van der Waals surface area (Å²) in [6, 6.07) is 10.2. The van der Waals surface area contributed by atoms with Crippen molar-refractivity contribution in [1.29, 1.82) is 0 Å². The summed E-state index contributed by atoms with van der Waals surface area (Å²) in [4.78, 5) is 42.1. The van der Waals surface area contributed by atoms with Gasteiger partial charge >= 0.3 is 12.1 Å².